The zero-order chi connectivity index (χ0) is 23.2. The third-order valence-electron chi connectivity index (χ3n) is 5.77. The van der Waals surface area contributed by atoms with Gasteiger partial charge in [-0.05, 0) is 56.1 Å². The summed E-state index contributed by atoms with van der Waals surface area (Å²) < 4.78 is 45.1. The molecule has 5 nitrogen and oxygen atoms in total. The molecule has 0 aliphatic carbocycles. The minimum atomic E-state index is -4.58. The van der Waals surface area contributed by atoms with Gasteiger partial charge in [0.25, 0.3) is 5.91 Å². The number of aromatic nitrogens is 1. The molecule has 8 heteroatoms. The molecule has 0 aromatic carbocycles. The van der Waals surface area contributed by atoms with Crippen LogP contribution in [0.15, 0.2) is 17.1 Å². The standard InChI is InChI=1S/C23H34F3N3O2/c1-5-15(4)8-9-16(13-14(2)3)22(30)29-21(27)17-10-11-19(23(24,25)26)28-20(17)18-7-6-12-31-18/h10-11,14-16,18H,5-9,12-13H2,1-4H3,(H2,27,29,30). The summed E-state index contributed by atoms with van der Waals surface area (Å²) in [6.07, 6.45) is -0.530. The minimum absolute atomic E-state index is 0.0985. The fourth-order valence-electron chi connectivity index (χ4n) is 3.76. The van der Waals surface area contributed by atoms with Crippen LogP contribution in [-0.4, -0.2) is 23.3 Å². The molecule has 2 heterocycles. The summed E-state index contributed by atoms with van der Waals surface area (Å²) in [5, 5.41) is 0. The second-order valence-electron chi connectivity index (χ2n) is 8.88. The van der Waals surface area contributed by atoms with Crippen molar-refractivity contribution >= 4 is 11.7 Å². The number of ether oxygens (including phenoxy) is 1. The molecule has 0 radical (unpaired) electrons. The Bertz CT molecular complexity index is 772. The van der Waals surface area contributed by atoms with Crippen LogP contribution in [0.1, 0.15) is 89.3 Å². The first kappa shape index (κ1) is 25.3. The van der Waals surface area contributed by atoms with Crippen LogP contribution < -0.4 is 5.73 Å². The number of carbonyl (C=O) groups excluding carboxylic acids is 1. The molecule has 3 atom stereocenters. The van der Waals surface area contributed by atoms with Gasteiger partial charge >= 0.3 is 6.18 Å². The molecule has 0 spiro atoms. The first-order valence-electron chi connectivity index (χ1n) is 11.1. The highest BCUT2D eigenvalue weighted by Gasteiger charge is 2.35. The van der Waals surface area contributed by atoms with Crippen molar-refractivity contribution < 1.29 is 22.7 Å². The van der Waals surface area contributed by atoms with Crippen LogP contribution in [0.4, 0.5) is 13.2 Å². The molecule has 1 amide bonds. The smallest absolute Gasteiger partial charge is 0.383 e. The monoisotopic (exact) mass is 441 g/mol. The van der Waals surface area contributed by atoms with Gasteiger partial charge in [0.05, 0.1) is 5.69 Å². The van der Waals surface area contributed by atoms with E-state index in [9.17, 15) is 18.0 Å². The minimum Gasteiger partial charge on any atom is -0.383 e. The van der Waals surface area contributed by atoms with E-state index in [-0.39, 0.29) is 28.9 Å². The van der Waals surface area contributed by atoms with Crippen LogP contribution in [0.25, 0.3) is 0 Å². The highest BCUT2D eigenvalue weighted by molar-refractivity contribution is 6.05. The van der Waals surface area contributed by atoms with Gasteiger partial charge in [-0.25, -0.2) is 4.98 Å². The van der Waals surface area contributed by atoms with Gasteiger partial charge in [0.15, 0.2) is 0 Å². The second kappa shape index (κ2) is 11.1. The molecule has 1 fully saturated rings. The number of halogens is 3. The number of pyridine rings is 1. The fourth-order valence-corrected chi connectivity index (χ4v) is 3.76. The van der Waals surface area contributed by atoms with E-state index in [0.29, 0.717) is 37.7 Å². The zero-order valence-electron chi connectivity index (χ0n) is 18.8. The molecule has 2 N–H and O–H groups in total. The topological polar surface area (TPSA) is 77.6 Å². The third kappa shape index (κ3) is 7.30. The first-order chi connectivity index (χ1) is 14.5. The number of nitrogens with zero attached hydrogens (tertiary/aromatic N) is 2. The molecule has 2 rings (SSSR count). The number of amidine groups is 1. The lowest BCUT2D eigenvalue weighted by molar-refractivity contribution is -0.141. The predicted molar refractivity (Wildman–Crippen MR) is 115 cm³/mol. The van der Waals surface area contributed by atoms with E-state index in [1.165, 1.54) is 6.07 Å². The Hall–Kier alpha value is -1.96. The Morgan fingerprint density at radius 2 is 2.00 bits per heavy atom. The van der Waals surface area contributed by atoms with Crippen LogP contribution in [0.2, 0.25) is 0 Å². The molecule has 1 aliphatic rings. The van der Waals surface area contributed by atoms with Gasteiger partial charge in [-0.2, -0.15) is 18.2 Å². The van der Waals surface area contributed by atoms with Crippen molar-refractivity contribution in [3.63, 3.8) is 0 Å². The van der Waals surface area contributed by atoms with Crippen LogP contribution in [0.5, 0.6) is 0 Å². The highest BCUT2D eigenvalue weighted by Crippen LogP contribution is 2.34. The summed E-state index contributed by atoms with van der Waals surface area (Å²) in [7, 11) is 0. The molecule has 0 saturated carbocycles. The lowest BCUT2D eigenvalue weighted by Gasteiger charge is -2.19. The molecule has 31 heavy (non-hydrogen) atoms. The number of carbonyl (C=O) groups is 1. The molecular weight excluding hydrogens is 407 g/mol. The van der Waals surface area contributed by atoms with E-state index >= 15 is 0 Å². The second-order valence-corrected chi connectivity index (χ2v) is 8.88. The van der Waals surface area contributed by atoms with Crippen LogP contribution in [0.3, 0.4) is 0 Å². The average Bonchev–Trinajstić information content (AvgIpc) is 3.23. The van der Waals surface area contributed by atoms with Gasteiger partial charge in [-0.3, -0.25) is 4.79 Å². The van der Waals surface area contributed by atoms with E-state index in [1.807, 2.05) is 13.8 Å². The average molecular weight is 442 g/mol. The SMILES string of the molecule is CCC(C)CCC(CC(C)C)C(=O)N=C(N)c1ccc(C(F)(F)F)nc1C1CCCO1. The lowest BCUT2D eigenvalue weighted by Crippen LogP contribution is -2.24. The summed E-state index contributed by atoms with van der Waals surface area (Å²) >= 11 is 0. The molecule has 1 aromatic rings. The molecule has 0 bridgehead atoms. The molecule has 3 unspecified atom stereocenters. The van der Waals surface area contributed by atoms with E-state index in [2.05, 4.69) is 23.8 Å². The Balaban J connectivity index is 2.33. The van der Waals surface area contributed by atoms with E-state index < -0.39 is 18.0 Å². The summed E-state index contributed by atoms with van der Waals surface area (Å²) in [6.45, 7) is 8.81. The summed E-state index contributed by atoms with van der Waals surface area (Å²) in [5.41, 5.74) is 5.45. The zero-order valence-corrected chi connectivity index (χ0v) is 18.8. The van der Waals surface area contributed by atoms with Crippen molar-refractivity contribution in [1.29, 1.82) is 0 Å². The third-order valence-corrected chi connectivity index (χ3v) is 5.77. The van der Waals surface area contributed by atoms with Gasteiger partial charge in [0.1, 0.15) is 17.6 Å². The summed E-state index contributed by atoms with van der Waals surface area (Å²) in [5.74, 6) is 0.134. The quantitative estimate of drug-likeness (QED) is 0.395. The van der Waals surface area contributed by atoms with Crippen molar-refractivity contribution in [3.8, 4) is 0 Å². The summed E-state index contributed by atoms with van der Waals surface area (Å²) in [4.78, 5) is 20.8. The van der Waals surface area contributed by atoms with Crippen molar-refractivity contribution in [3.05, 3.63) is 29.1 Å². The number of amides is 1. The van der Waals surface area contributed by atoms with E-state index in [1.54, 1.807) is 0 Å². The van der Waals surface area contributed by atoms with Crippen LogP contribution >= 0.6 is 0 Å². The van der Waals surface area contributed by atoms with Gasteiger partial charge in [-0.1, -0.05) is 34.1 Å². The van der Waals surface area contributed by atoms with Crippen LogP contribution in [-0.2, 0) is 15.7 Å². The van der Waals surface area contributed by atoms with E-state index in [4.69, 9.17) is 10.5 Å². The van der Waals surface area contributed by atoms with Crippen molar-refractivity contribution in [2.24, 2.45) is 28.5 Å². The fraction of sp³-hybridized carbons (Fsp3) is 0.696. The Kier molecular flexibility index (Phi) is 9.03. The maximum Gasteiger partial charge on any atom is 0.433 e. The number of nitrogens with two attached hydrogens (primary N) is 1. The normalized spacial score (nSPS) is 19.6. The van der Waals surface area contributed by atoms with Gasteiger partial charge in [-0.15, -0.1) is 0 Å². The van der Waals surface area contributed by atoms with Crippen LogP contribution in [0, 0.1) is 17.8 Å². The summed E-state index contributed by atoms with van der Waals surface area (Å²) in [6, 6.07) is 2.12. The Labute approximate surface area is 182 Å². The lowest BCUT2D eigenvalue weighted by atomic mass is 9.89. The number of alkyl halides is 3. The molecule has 1 aliphatic heterocycles. The molecule has 174 valence electrons. The van der Waals surface area contributed by atoms with Gasteiger partial charge in [0, 0.05) is 18.1 Å². The predicted octanol–water partition coefficient (Wildman–Crippen LogP) is 5.67. The van der Waals surface area contributed by atoms with Crippen molar-refractivity contribution in [2.45, 2.75) is 78.5 Å². The largest absolute Gasteiger partial charge is 0.433 e. The molecular formula is C23H34F3N3O2. The maximum atomic E-state index is 13.2. The van der Waals surface area contributed by atoms with Gasteiger partial charge < -0.3 is 10.5 Å². The number of hydrogen-bond donors (Lipinski definition) is 1. The molecule has 1 saturated heterocycles. The van der Waals surface area contributed by atoms with Gasteiger partial charge in [0.2, 0.25) is 0 Å². The number of hydrogen-bond acceptors (Lipinski definition) is 3. The van der Waals surface area contributed by atoms with Crippen molar-refractivity contribution in [2.75, 3.05) is 6.61 Å². The van der Waals surface area contributed by atoms with Crippen molar-refractivity contribution in [1.82, 2.24) is 4.98 Å². The Morgan fingerprint density at radius 1 is 1.29 bits per heavy atom. The number of rotatable bonds is 9. The highest BCUT2D eigenvalue weighted by atomic mass is 19.4. The van der Waals surface area contributed by atoms with E-state index in [0.717, 1.165) is 25.3 Å². The molecule has 1 aromatic heterocycles. The first-order valence-corrected chi connectivity index (χ1v) is 11.1. The number of aliphatic imine (C=N–C) groups is 1. The maximum absolute atomic E-state index is 13.2. The Morgan fingerprint density at radius 3 is 2.55 bits per heavy atom.